The molecule has 20 heavy (non-hydrogen) atoms. The molecule has 1 atom stereocenters. The highest BCUT2D eigenvalue weighted by atomic mass is 16.4. The van der Waals surface area contributed by atoms with E-state index in [0.717, 1.165) is 6.42 Å². The van der Waals surface area contributed by atoms with Crippen LogP contribution in [-0.4, -0.2) is 33.2 Å². The smallest absolute Gasteiger partial charge is 0.306 e. The number of hydrogen-bond donors (Lipinski definition) is 3. The van der Waals surface area contributed by atoms with Crippen molar-refractivity contribution in [2.45, 2.75) is 54.4 Å². The van der Waals surface area contributed by atoms with Crippen molar-refractivity contribution in [1.29, 1.82) is 0 Å². The zero-order valence-corrected chi connectivity index (χ0v) is 13.2. The number of rotatable bonds is 5. The number of carboxylic acids is 3. The summed E-state index contributed by atoms with van der Waals surface area (Å²) in [7, 11) is 0. The van der Waals surface area contributed by atoms with E-state index in [1.807, 2.05) is 20.8 Å². The molecule has 3 N–H and O–H groups in total. The quantitative estimate of drug-likeness (QED) is 0.718. The molecular weight excluding hydrogens is 264 g/mol. The first-order valence-corrected chi connectivity index (χ1v) is 6.62. The summed E-state index contributed by atoms with van der Waals surface area (Å²) >= 11 is 0. The molecule has 0 heterocycles. The average Bonchev–Trinajstić information content (AvgIpc) is 2.27. The van der Waals surface area contributed by atoms with Crippen molar-refractivity contribution in [3.63, 3.8) is 0 Å². The first kappa shape index (κ1) is 23.5. The standard InChI is InChI=1S/2C5H10O2.C4H8O2/c1-4(2)3-5(6)7;1-3-4(2)5(6)7;1-3(2)4(5)6/h2*4H,3H2,1-2H3,(H,6,7);3H,1-2H3,(H,5,6). The molecule has 0 aromatic rings. The van der Waals surface area contributed by atoms with E-state index >= 15 is 0 Å². The van der Waals surface area contributed by atoms with Crippen LogP contribution in [0.1, 0.15) is 54.4 Å². The fourth-order valence-corrected chi connectivity index (χ4v) is 0.524. The zero-order valence-electron chi connectivity index (χ0n) is 13.2. The fraction of sp³-hybridized carbons (Fsp3) is 0.786. The molecule has 0 radical (unpaired) electrons. The molecule has 0 aliphatic heterocycles. The molecule has 6 nitrogen and oxygen atoms in total. The molecule has 0 aliphatic carbocycles. The highest BCUT2D eigenvalue weighted by Gasteiger charge is 2.05. The summed E-state index contributed by atoms with van der Waals surface area (Å²) in [6.07, 6.45) is 0.995. The molecule has 0 saturated heterocycles. The lowest BCUT2D eigenvalue weighted by molar-refractivity contribution is -0.141. The van der Waals surface area contributed by atoms with Gasteiger partial charge in [-0.1, -0.05) is 41.5 Å². The Morgan fingerprint density at radius 1 is 0.850 bits per heavy atom. The normalized spacial score (nSPS) is 10.8. The van der Waals surface area contributed by atoms with Gasteiger partial charge in [-0.15, -0.1) is 0 Å². The van der Waals surface area contributed by atoms with Crippen LogP contribution in [0.3, 0.4) is 0 Å². The van der Waals surface area contributed by atoms with Gasteiger partial charge in [0.05, 0.1) is 11.8 Å². The Bertz CT molecular complexity index is 283. The molecule has 1 unspecified atom stereocenters. The lowest BCUT2D eigenvalue weighted by Crippen LogP contribution is -2.06. The van der Waals surface area contributed by atoms with Gasteiger partial charge in [0.2, 0.25) is 0 Å². The van der Waals surface area contributed by atoms with Crippen LogP contribution >= 0.6 is 0 Å². The van der Waals surface area contributed by atoms with E-state index in [-0.39, 0.29) is 24.2 Å². The highest BCUT2D eigenvalue weighted by Crippen LogP contribution is 1.97. The fourth-order valence-electron chi connectivity index (χ4n) is 0.524. The minimum atomic E-state index is -0.741. The molecule has 0 aromatic carbocycles. The van der Waals surface area contributed by atoms with Crippen molar-refractivity contribution in [3.05, 3.63) is 0 Å². The van der Waals surface area contributed by atoms with Crippen LogP contribution in [0.5, 0.6) is 0 Å². The van der Waals surface area contributed by atoms with Gasteiger partial charge in [-0.05, 0) is 12.3 Å². The summed E-state index contributed by atoms with van der Waals surface area (Å²) in [5.41, 5.74) is 0. The van der Waals surface area contributed by atoms with Gasteiger partial charge >= 0.3 is 17.9 Å². The monoisotopic (exact) mass is 292 g/mol. The van der Waals surface area contributed by atoms with Crippen LogP contribution in [0.25, 0.3) is 0 Å². The van der Waals surface area contributed by atoms with Crippen LogP contribution < -0.4 is 0 Å². The SMILES string of the molecule is CC(C)C(=O)O.CC(C)CC(=O)O.CCC(C)C(=O)O. The maximum atomic E-state index is 9.93. The third kappa shape index (κ3) is 25.3. The van der Waals surface area contributed by atoms with E-state index in [9.17, 15) is 14.4 Å². The summed E-state index contributed by atoms with van der Waals surface area (Å²) in [6.45, 7) is 10.6. The topological polar surface area (TPSA) is 112 Å². The van der Waals surface area contributed by atoms with E-state index in [2.05, 4.69) is 0 Å². The predicted octanol–water partition coefficient (Wildman–Crippen LogP) is 2.96. The summed E-state index contributed by atoms with van der Waals surface area (Å²) in [4.78, 5) is 29.4. The van der Waals surface area contributed by atoms with Crippen LogP contribution in [0.15, 0.2) is 0 Å². The van der Waals surface area contributed by atoms with Gasteiger partial charge in [-0.25, -0.2) is 0 Å². The molecule has 0 amide bonds. The van der Waals surface area contributed by atoms with Crippen molar-refractivity contribution in [2.24, 2.45) is 17.8 Å². The molecule has 0 bridgehead atoms. The van der Waals surface area contributed by atoms with E-state index in [1.165, 1.54) is 0 Å². The lowest BCUT2D eigenvalue weighted by atomic mass is 10.1. The van der Waals surface area contributed by atoms with Crippen LogP contribution in [0.4, 0.5) is 0 Å². The highest BCUT2D eigenvalue weighted by molar-refractivity contribution is 5.69. The second-order valence-electron chi connectivity index (χ2n) is 5.13. The Labute approximate surface area is 120 Å². The summed E-state index contributed by atoms with van der Waals surface area (Å²) in [6, 6.07) is 0. The Morgan fingerprint density at radius 3 is 1.20 bits per heavy atom. The Morgan fingerprint density at radius 2 is 1.20 bits per heavy atom. The van der Waals surface area contributed by atoms with Crippen molar-refractivity contribution in [1.82, 2.24) is 0 Å². The van der Waals surface area contributed by atoms with Crippen molar-refractivity contribution < 1.29 is 29.7 Å². The van der Waals surface area contributed by atoms with Gasteiger partial charge in [0.25, 0.3) is 0 Å². The molecule has 0 rings (SSSR count). The maximum Gasteiger partial charge on any atom is 0.306 e. The van der Waals surface area contributed by atoms with Crippen molar-refractivity contribution in [2.75, 3.05) is 0 Å². The third-order valence-corrected chi connectivity index (χ3v) is 2.11. The predicted molar refractivity (Wildman–Crippen MR) is 76.7 cm³/mol. The van der Waals surface area contributed by atoms with Gasteiger partial charge in [0, 0.05) is 6.42 Å². The number of aliphatic carboxylic acids is 3. The average molecular weight is 292 g/mol. The van der Waals surface area contributed by atoms with Crippen molar-refractivity contribution >= 4 is 17.9 Å². The molecule has 6 heteroatoms. The van der Waals surface area contributed by atoms with Crippen LogP contribution in [-0.2, 0) is 14.4 Å². The largest absolute Gasteiger partial charge is 0.481 e. The minimum absolute atomic E-state index is 0.181. The number of carboxylic acid groups (broad SMARTS) is 3. The maximum absolute atomic E-state index is 9.93. The Hall–Kier alpha value is -1.59. The first-order valence-electron chi connectivity index (χ1n) is 6.62. The van der Waals surface area contributed by atoms with Crippen LogP contribution in [0, 0.1) is 17.8 Å². The van der Waals surface area contributed by atoms with Gasteiger partial charge in [0.15, 0.2) is 0 Å². The second kappa shape index (κ2) is 13.8. The second-order valence-corrected chi connectivity index (χ2v) is 5.13. The van der Waals surface area contributed by atoms with Gasteiger partial charge in [-0.2, -0.15) is 0 Å². The third-order valence-electron chi connectivity index (χ3n) is 2.11. The molecule has 0 aromatic heterocycles. The first-order chi connectivity index (χ1) is 8.95. The molecule has 0 saturated carbocycles. The zero-order chi connectivity index (χ0) is 16.9. The molecular formula is C14H28O6. The van der Waals surface area contributed by atoms with Crippen LogP contribution in [0.2, 0.25) is 0 Å². The van der Waals surface area contributed by atoms with E-state index in [1.54, 1.807) is 20.8 Å². The van der Waals surface area contributed by atoms with Gasteiger partial charge in [0.1, 0.15) is 0 Å². The molecule has 0 spiro atoms. The summed E-state index contributed by atoms with van der Waals surface area (Å²) in [5, 5.41) is 24.3. The molecule has 0 aliphatic rings. The van der Waals surface area contributed by atoms with Crippen molar-refractivity contribution in [3.8, 4) is 0 Å². The number of carbonyl (C=O) groups is 3. The van der Waals surface area contributed by atoms with Gasteiger partial charge in [-0.3, -0.25) is 14.4 Å². The lowest BCUT2D eigenvalue weighted by Gasteiger charge is -1.96. The number of hydrogen-bond acceptors (Lipinski definition) is 3. The minimum Gasteiger partial charge on any atom is -0.481 e. The van der Waals surface area contributed by atoms with E-state index in [0.29, 0.717) is 0 Å². The summed E-state index contributed by atoms with van der Waals surface area (Å²) in [5.74, 6) is -2.30. The van der Waals surface area contributed by atoms with E-state index < -0.39 is 17.9 Å². The Balaban J connectivity index is -0.000000218. The summed E-state index contributed by atoms with van der Waals surface area (Å²) < 4.78 is 0. The van der Waals surface area contributed by atoms with Gasteiger partial charge < -0.3 is 15.3 Å². The van der Waals surface area contributed by atoms with E-state index in [4.69, 9.17) is 15.3 Å². The molecule has 0 fully saturated rings. The Kier molecular flexibility index (Phi) is 16.3. The molecule has 120 valence electrons.